The molecule has 0 saturated carbocycles. The van der Waals surface area contributed by atoms with Crippen LogP contribution >= 0.6 is 27.3 Å². The summed E-state index contributed by atoms with van der Waals surface area (Å²) in [5, 5.41) is 1.95. The number of thiophene rings is 1. The first-order valence-corrected chi connectivity index (χ1v) is 8.24. The van der Waals surface area contributed by atoms with Gasteiger partial charge in [-0.25, -0.2) is 0 Å². The van der Waals surface area contributed by atoms with E-state index < -0.39 is 0 Å². The molecule has 0 unspecified atom stereocenters. The molecule has 1 amide bonds. The van der Waals surface area contributed by atoms with Gasteiger partial charge in [0, 0.05) is 36.3 Å². The fourth-order valence-electron chi connectivity index (χ4n) is 2.38. The Morgan fingerprint density at radius 1 is 1.05 bits per heavy atom. The van der Waals surface area contributed by atoms with Gasteiger partial charge >= 0.3 is 0 Å². The molecule has 1 saturated heterocycles. The number of hydrogen-bond acceptors (Lipinski definition) is 3. The topological polar surface area (TPSA) is 23.6 Å². The molecule has 1 aliphatic rings. The van der Waals surface area contributed by atoms with E-state index in [4.69, 9.17) is 0 Å². The summed E-state index contributed by atoms with van der Waals surface area (Å²) < 4.78 is 1.09. The highest BCUT2D eigenvalue weighted by molar-refractivity contribution is 9.10. The predicted molar refractivity (Wildman–Crippen MR) is 86.6 cm³/mol. The lowest BCUT2D eigenvalue weighted by molar-refractivity contribution is 0.0751. The Kier molecular flexibility index (Phi) is 4.08. The van der Waals surface area contributed by atoms with E-state index in [9.17, 15) is 4.79 Å². The zero-order chi connectivity index (χ0) is 13.9. The lowest BCUT2D eigenvalue weighted by atomic mass is 10.2. The zero-order valence-electron chi connectivity index (χ0n) is 11.0. The van der Waals surface area contributed by atoms with E-state index >= 15 is 0 Å². The molecule has 3 rings (SSSR count). The smallest absolute Gasteiger partial charge is 0.264 e. The van der Waals surface area contributed by atoms with Crippen LogP contribution in [-0.2, 0) is 0 Å². The SMILES string of the molecule is O=C(c1cccs1)N1CCN(c2ccc(Br)cc2)CC1. The second-order valence-electron chi connectivity index (χ2n) is 4.73. The highest BCUT2D eigenvalue weighted by atomic mass is 79.9. The van der Waals surface area contributed by atoms with Crippen LogP contribution < -0.4 is 4.90 Å². The Hall–Kier alpha value is -1.33. The Bertz CT molecular complexity index is 574. The average Bonchev–Trinajstić information content (AvgIpc) is 3.02. The molecule has 5 heteroatoms. The lowest BCUT2D eigenvalue weighted by Crippen LogP contribution is -2.48. The summed E-state index contributed by atoms with van der Waals surface area (Å²) in [7, 11) is 0. The molecule has 1 aromatic heterocycles. The largest absolute Gasteiger partial charge is 0.368 e. The van der Waals surface area contributed by atoms with Gasteiger partial charge in [0.2, 0.25) is 0 Å². The van der Waals surface area contributed by atoms with Crippen molar-refractivity contribution in [2.75, 3.05) is 31.1 Å². The molecule has 0 aliphatic carbocycles. The van der Waals surface area contributed by atoms with E-state index in [1.54, 1.807) is 0 Å². The van der Waals surface area contributed by atoms with Gasteiger partial charge in [-0.1, -0.05) is 22.0 Å². The molecule has 2 heterocycles. The van der Waals surface area contributed by atoms with E-state index in [-0.39, 0.29) is 5.91 Å². The number of anilines is 1. The minimum Gasteiger partial charge on any atom is -0.368 e. The van der Waals surface area contributed by atoms with Crippen LogP contribution in [0.25, 0.3) is 0 Å². The summed E-state index contributed by atoms with van der Waals surface area (Å²) in [5.41, 5.74) is 1.22. The van der Waals surface area contributed by atoms with E-state index in [1.807, 2.05) is 22.4 Å². The number of piperazine rings is 1. The maximum Gasteiger partial charge on any atom is 0.264 e. The maximum absolute atomic E-state index is 12.3. The number of benzene rings is 1. The van der Waals surface area contributed by atoms with Crippen molar-refractivity contribution in [2.24, 2.45) is 0 Å². The van der Waals surface area contributed by atoms with Crippen LogP contribution in [0.15, 0.2) is 46.3 Å². The third-order valence-electron chi connectivity index (χ3n) is 3.49. The summed E-state index contributed by atoms with van der Waals surface area (Å²) in [6.07, 6.45) is 0. The van der Waals surface area contributed by atoms with Crippen LogP contribution in [0.2, 0.25) is 0 Å². The Balaban J connectivity index is 1.62. The minimum atomic E-state index is 0.162. The standard InChI is InChI=1S/C15H15BrN2OS/c16-12-3-5-13(6-4-12)17-7-9-18(10-8-17)15(19)14-2-1-11-20-14/h1-6,11H,7-10H2. The summed E-state index contributed by atoms with van der Waals surface area (Å²) in [6.45, 7) is 3.34. The highest BCUT2D eigenvalue weighted by Gasteiger charge is 2.22. The molecular formula is C15H15BrN2OS. The number of rotatable bonds is 2. The highest BCUT2D eigenvalue weighted by Crippen LogP contribution is 2.21. The van der Waals surface area contributed by atoms with E-state index in [0.717, 1.165) is 35.5 Å². The van der Waals surface area contributed by atoms with Gasteiger partial charge in [-0.15, -0.1) is 11.3 Å². The van der Waals surface area contributed by atoms with Crippen molar-refractivity contribution in [1.29, 1.82) is 0 Å². The number of amides is 1. The lowest BCUT2D eigenvalue weighted by Gasteiger charge is -2.36. The summed E-state index contributed by atoms with van der Waals surface area (Å²) in [4.78, 5) is 17.4. The second-order valence-corrected chi connectivity index (χ2v) is 6.60. The molecule has 104 valence electrons. The van der Waals surface area contributed by atoms with Crippen molar-refractivity contribution < 1.29 is 4.79 Å². The minimum absolute atomic E-state index is 0.162. The van der Waals surface area contributed by atoms with Crippen molar-refractivity contribution in [2.45, 2.75) is 0 Å². The monoisotopic (exact) mass is 350 g/mol. The molecule has 0 bridgehead atoms. The third kappa shape index (κ3) is 2.88. The van der Waals surface area contributed by atoms with Gasteiger partial charge in [0.05, 0.1) is 4.88 Å². The molecule has 0 N–H and O–H groups in total. The second kappa shape index (κ2) is 5.97. The Labute approximate surface area is 130 Å². The number of halogens is 1. The van der Waals surface area contributed by atoms with Gasteiger partial charge in [-0.3, -0.25) is 4.79 Å². The van der Waals surface area contributed by atoms with Gasteiger partial charge in [-0.2, -0.15) is 0 Å². The van der Waals surface area contributed by atoms with E-state index in [2.05, 4.69) is 45.1 Å². The number of hydrogen-bond donors (Lipinski definition) is 0. The Morgan fingerprint density at radius 2 is 1.75 bits per heavy atom. The number of carbonyl (C=O) groups excluding carboxylic acids is 1. The number of carbonyl (C=O) groups is 1. The molecule has 2 aromatic rings. The van der Waals surface area contributed by atoms with Crippen LogP contribution in [0.1, 0.15) is 9.67 Å². The molecule has 1 aromatic carbocycles. The first-order valence-electron chi connectivity index (χ1n) is 6.57. The van der Waals surface area contributed by atoms with Crippen LogP contribution in [0.5, 0.6) is 0 Å². The summed E-state index contributed by atoms with van der Waals surface area (Å²) >= 11 is 4.96. The van der Waals surface area contributed by atoms with E-state index in [0.29, 0.717) is 0 Å². The van der Waals surface area contributed by atoms with Gasteiger partial charge in [0.15, 0.2) is 0 Å². The predicted octanol–water partition coefficient (Wildman–Crippen LogP) is 3.47. The first-order chi connectivity index (χ1) is 9.74. The fraction of sp³-hybridized carbons (Fsp3) is 0.267. The quantitative estimate of drug-likeness (QED) is 0.827. The fourth-order valence-corrected chi connectivity index (χ4v) is 3.33. The normalized spacial score (nSPS) is 15.4. The molecule has 3 nitrogen and oxygen atoms in total. The van der Waals surface area contributed by atoms with Crippen molar-refractivity contribution in [1.82, 2.24) is 4.90 Å². The zero-order valence-corrected chi connectivity index (χ0v) is 13.4. The summed E-state index contributed by atoms with van der Waals surface area (Å²) in [5.74, 6) is 0.162. The van der Waals surface area contributed by atoms with E-state index in [1.165, 1.54) is 17.0 Å². The van der Waals surface area contributed by atoms with Crippen LogP contribution in [0.3, 0.4) is 0 Å². The average molecular weight is 351 g/mol. The van der Waals surface area contributed by atoms with Crippen molar-refractivity contribution in [3.63, 3.8) is 0 Å². The third-order valence-corrected chi connectivity index (χ3v) is 4.88. The Morgan fingerprint density at radius 3 is 2.35 bits per heavy atom. The number of nitrogens with zero attached hydrogens (tertiary/aromatic N) is 2. The molecule has 0 radical (unpaired) electrons. The van der Waals surface area contributed by atoms with Crippen LogP contribution in [0.4, 0.5) is 5.69 Å². The van der Waals surface area contributed by atoms with Crippen LogP contribution in [0, 0.1) is 0 Å². The molecule has 0 atom stereocenters. The first kappa shape index (κ1) is 13.6. The molecule has 1 fully saturated rings. The molecular weight excluding hydrogens is 336 g/mol. The molecule has 1 aliphatic heterocycles. The van der Waals surface area contributed by atoms with Crippen molar-refractivity contribution >= 4 is 38.9 Å². The van der Waals surface area contributed by atoms with Gasteiger partial charge < -0.3 is 9.80 Å². The molecule has 0 spiro atoms. The van der Waals surface area contributed by atoms with Gasteiger partial charge in [-0.05, 0) is 35.7 Å². The summed E-state index contributed by atoms with van der Waals surface area (Å²) in [6, 6.07) is 12.2. The maximum atomic E-state index is 12.3. The van der Waals surface area contributed by atoms with Gasteiger partial charge in [0.25, 0.3) is 5.91 Å². The van der Waals surface area contributed by atoms with Crippen molar-refractivity contribution in [3.8, 4) is 0 Å². The van der Waals surface area contributed by atoms with Crippen molar-refractivity contribution in [3.05, 3.63) is 51.1 Å². The van der Waals surface area contributed by atoms with Gasteiger partial charge in [0.1, 0.15) is 0 Å². The van der Waals surface area contributed by atoms with Crippen LogP contribution in [-0.4, -0.2) is 37.0 Å². The molecule has 20 heavy (non-hydrogen) atoms.